The zero-order valence-electron chi connectivity index (χ0n) is 29.4. The number of aromatic nitrogens is 1. The molecule has 14 nitrogen and oxygen atoms in total. The van der Waals surface area contributed by atoms with E-state index < -0.39 is 59.3 Å². The monoisotopic (exact) mass is 690 g/mol. The fraction of sp³-hybridized carbons (Fsp3) is 0.500. The van der Waals surface area contributed by atoms with Gasteiger partial charge in [-0.1, -0.05) is 30.9 Å². The molecule has 0 aliphatic carbocycles. The van der Waals surface area contributed by atoms with Gasteiger partial charge in [0.2, 0.25) is 17.6 Å². The van der Waals surface area contributed by atoms with E-state index in [1.807, 2.05) is 37.3 Å². The summed E-state index contributed by atoms with van der Waals surface area (Å²) in [7, 11) is 0. The van der Waals surface area contributed by atoms with Gasteiger partial charge < -0.3 is 29.7 Å². The van der Waals surface area contributed by atoms with Crippen molar-refractivity contribution in [3.8, 4) is 0 Å². The third kappa shape index (κ3) is 8.30. The van der Waals surface area contributed by atoms with Crippen LogP contribution in [0.4, 0.5) is 4.79 Å². The van der Waals surface area contributed by atoms with E-state index in [1.54, 1.807) is 26.8 Å². The molecular weight excluding hydrogens is 644 g/mol. The van der Waals surface area contributed by atoms with Crippen LogP contribution in [0.2, 0.25) is 0 Å². The molecule has 0 saturated carbocycles. The molecule has 1 spiro atoms. The SMILES string of the molecule is C=C(C)[C@@H]1OC(=O)C2(/C=C/c3ccc4ccc(nc4c3)[C@@H](C)NC(=O)[C@@H]3CCCN(N3)C(=O)[C@H](C)NC1=O)CN(C(=O)OC(C)(C)C)CCO2. The van der Waals surface area contributed by atoms with Crippen LogP contribution in [0.1, 0.15) is 71.7 Å². The Hall–Kier alpha value is -4.82. The van der Waals surface area contributed by atoms with Crippen molar-refractivity contribution < 1.29 is 38.2 Å². The number of benzene rings is 1. The van der Waals surface area contributed by atoms with E-state index in [2.05, 4.69) is 22.6 Å². The maximum Gasteiger partial charge on any atom is 0.410 e. The Morgan fingerprint density at radius 3 is 2.48 bits per heavy atom. The molecule has 268 valence electrons. The van der Waals surface area contributed by atoms with Crippen molar-refractivity contribution in [2.45, 2.75) is 89.8 Å². The minimum absolute atomic E-state index is 0.0236. The van der Waals surface area contributed by atoms with E-state index >= 15 is 0 Å². The van der Waals surface area contributed by atoms with Crippen LogP contribution in [-0.2, 0) is 33.4 Å². The highest BCUT2D eigenvalue weighted by Crippen LogP contribution is 2.27. The number of fused-ring (bicyclic) bond motifs is 4. The number of ether oxygens (including phenoxy) is 3. The molecule has 5 bridgehead atoms. The van der Waals surface area contributed by atoms with Crippen LogP contribution >= 0.6 is 0 Å². The van der Waals surface area contributed by atoms with Crippen molar-refractivity contribution in [2.24, 2.45) is 0 Å². The Morgan fingerprint density at radius 1 is 1.04 bits per heavy atom. The lowest BCUT2D eigenvalue weighted by Crippen LogP contribution is -2.61. The Bertz CT molecular complexity index is 1720. The molecule has 3 aliphatic rings. The number of cyclic esters (lactones) is 1. The van der Waals surface area contributed by atoms with Gasteiger partial charge in [-0.3, -0.25) is 24.4 Å². The number of amides is 4. The lowest BCUT2D eigenvalue weighted by atomic mass is 9.98. The number of morpholine rings is 1. The molecule has 4 amide bonds. The van der Waals surface area contributed by atoms with Crippen molar-refractivity contribution in [3.05, 3.63) is 59.8 Å². The number of nitrogens with zero attached hydrogens (tertiary/aromatic N) is 3. The van der Waals surface area contributed by atoms with Crippen LogP contribution in [-0.4, -0.2) is 100 Å². The molecule has 14 heteroatoms. The molecule has 4 heterocycles. The summed E-state index contributed by atoms with van der Waals surface area (Å²) in [6.07, 6.45) is 2.11. The molecular formula is C36H46N6O8. The van der Waals surface area contributed by atoms with Gasteiger partial charge in [0.05, 0.1) is 30.4 Å². The van der Waals surface area contributed by atoms with Crippen LogP contribution in [0.15, 0.2) is 48.6 Å². The summed E-state index contributed by atoms with van der Waals surface area (Å²) in [5, 5.41) is 7.80. The predicted molar refractivity (Wildman–Crippen MR) is 184 cm³/mol. The number of nitrogens with one attached hydrogen (secondary N) is 3. The van der Waals surface area contributed by atoms with Crippen molar-refractivity contribution in [1.82, 2.24) is 31.0 Å². The second-order valence-corrected chi connectivity index (χ2v) is 14.1. The Kier molecular flexibility index (Phi) is 10.6. The third-order valence-electron chi connectivity index (χ3n) is 8.64. The normalized spacial score (nSPS) is 27.7. The molecule has 1 aromatic heterocycles. The minimum atomic E-state index is -1.83. The number of rotatable bonds is 1. The fourth-order valence-electron chi connectivity index (χ4n) is 5.94. The molecule has 2 saturated heterocycles. The fourth-order valence-corrected chi connectivity index (χ4v) is 5.94. The number of carbonyl (C=O) groups excluding carboxylic acids is 5. The number of pyridine rings is 1. The van der Waals surface area contributed by atoms with E-state index in [-0.39, 0.29) is 31.2 Å². The average Bonchev–Trinajstić information content (AvgIpc) is 3.07. The van der Waals surface area contributed by atoms with Gasteiger partial charge >= 0.3 is 12.1 Å². The number of esters is 1. The van der Waals surface area contributed by atoms with Gasteiger partial charge in [-0.05, 0) is 83.7 Å². The first-order valence-electron chi connectivity index (χ1n) is 16.8. The van der Waals surface area contributed by atoms with Gasteiger partial charge in [-0.2, -0.15) is 0 Å². The molecule has 5 rings (SSSR count). The van der Waals surface area contributed by atoms with Crippen LogP contribution in [0.25, 0.3) is 17.0 Å². The summed E-state index contributed by atoms with van der Waals surface area (Å²) in [6, 6.07) is 7.14. The molecule has 5 atom stereocenters. The highest BCUT2D eigenvalue weighted by molar-refractivity contribution is 5.94. The van der Waals surface area contributed by atoms with Gasteiger partial charge in [0.25, 0.3) is 11.8 Å². The first kappa shape index (κ1) is 36.5. The maximum atomic E-state index is 14.2. The summed E-state index contributed by atoms with van der Waals surface area (Å²) < 4.78 is 17.5. The summed E-state index contributed by atoms with van der Waals surface area (Å²) in [4.78, 5) is 73.8. The van der Waals surface area contributed by atoms with Crippen LogP contribution < -0.4 is 16.1 Å². The number of hydrogen-bond acceptors (Lipinski definition) is 10. The summed E-state index contributed by atoms with van der Waals surface area (Å²) >= 11 is 0. The smallest absolute Gasteiger partial charge is 0.410 e. The highest BCUT2D eigenvalue weighted by Gasteiger charge is 2.47. The molecule has 2 fully saturated rings. The summed E-state index contributed by atoms with van der Waals surface area (Å²) in [5.41, 5.74) is 2.53. The van der Waals surface area contributed by atoms with Gasteiger partial charge in [0.1, 0.15) is 17.7 Å². The Morgan fingerprint density at radius 2 is 1.76 bits per heavy atom. The van der Waals surface area contributed by atoms with Gasteiger partial charge in [-0.15, -0.1) is 0 Å². The van der Waals surface area contributed by atoms with E-state index in [1.165, 1.54) is 29.8 Å². The lowest BCUT2D eigenvalue weighted by Gasteiger charge is -2.40. The standard InChI is InChI=1S/C36H46N6O8/c1-21(2)29-31(44)38-23(4)32(45)42-16-8-9-27(40-42)30(43)37-22(3)26-13-12-25-11-10-24(19-28(25)39-26)14-15-36(33(46)49-29)20-41(17-18-48-36)34(47)50-35(5,6)7/h10-15,19,22-23,27,29,40H,1,8-9,16-18,20H2,2-7H3,(H,37,43)(H,38,44)/b15-14+/t22-,23+,27+,29+,36?/m1/s1. The van der Waals surface area contributed by atoms with Crippen molar-refractivity contribution >= 4 is 46.8 Å². The van der Waals surface area contributed by atoms with Crippen molar-refractivity contribution in [2.75, 3.05) is 26.2 Å². The average molecular weight is 691 g/mol. The minimum Gasteiger partial charge on any atom is -0.445 e. The van der Waals surface area contributed by atoms with Gasteiger partial charge in [0, 0.05) is 18.5 Å². The molecule has 0 radical (unpaired) electrons. The molecule has 1 unspecified atom stereocenters. The van der Waals surface area contributed by atoms with Gasteiger partial charge in [-0.25, -0.2) is 15.0 Å². The van der Waals surface area contributed by atoms with E-state index in [0.29, 0.717) is 36.2 Å². The Labute approximate surface area is 291 Å². The third-order valence-corrected chi connectivity index (χ3v) is 8.64. The van der Waals surface area contributed by atoms with E-state index in [0.717, 1.165) is 5.39 Å². The maximum absolute atomic E-state index is 14.2. The van der Waals surface area contributed by atoms with E-state index in [4.69, 9.17) is 19.2 Å². The topological polar surface area (TPSA) is 168 Å². The van der Waals surface area contributed by atoms with Crippen LogP contribution in [0, 0.1) is 0 Å². The quantitative estimate of drug-likeness (QED) is 0.299. The van der Waals surface area contributed by atoms with Gasteiger partial charge in [0.15, 0.2) is 0 Å². The second kappa shape index (κ2) is 14.6. The van der Waals surface area contributed by atoms with Crippen LogP contribution in [0.5, 0.6) is 0 Å². The zero-order valence-corrected chi connectivity index (χ0v) is 29.4. The first-order valence-corrected chi connectivity index (χ1v) is 16.8. The highest BCUT2D eigenvalue weighted by atomic mass is 16.6. The molecule has 1 aromatic carbocycles. The second-order valence-electron chi connectivity index (χ2n) is 14.1. The number of hydrogen-bond donors (Lipinski definition) is 3. The lowest BCUT2D eigenvalue weighted by molar-refractivity contribution is -0.179. The molecule has 3 aliphatic heterocycles. The molecule has 3 N–H and O–H groups in total. The predicted octanol–water partition coefficient (Wildman–Crippen LogP) is 2.93. The van der Waals surface area contributed by atoms with E-state index in [9.17, 15) is 24.0 Å². The summed E-state index contributed by atoms with van der Waals surface area (Å²) in [5.74, 6) is -2.47. The number of hydrazine groups is 1. The summed E-state index contributed by atoms with van der Waals surface area (Å²) in [6.45, 7) is 14.1. The van der Waals surface area contributed by atoms with Crippen LogP contribution in [0.3, 0.4) is 0 Å². The Balaban J connectivity index is 1.56. The zero-order chi connectivity index (χ0) is 36.4. The van der Waals surface area contributed by atoms with Crippen molar-refractivity contribution in [1.29, 1.82) is 0 Å². The first-order chi connectivity index (χ1) is 23.5. The molecule has 2 aromatic rings. The molecule has 50 heavy (non-hydrogen) atoms. The number of carbonyl (C=O) groups is 5. The van der Waals surface area contributed by atoms with Crippen molar-refractivity contribution in [3.63, 3.8) is 0 Å². The largest absolute Gasteiger partial charge is 0.445 e.